The minimum Gasteiger partial charge on any atom is -0.486 e. The van der Waals surface area contributed by atoms with Crippen LogP contribution in [0.2, 0.25) is 0 Å². The topological polar surface area (TPSA) is 103 Å². The SMILES string of the molecule is O=C(O)Cn1ccc(NC(=O)[C@H]2C[C@@H]2c2ccc3c(c2)OCCO3)n1. The monoisotopic (exact) mass is 343 g/mol. The van der Waals surface area contributed by atoms with Gasteiger partial charge >= 0.3 is 5.97 Å². The number of nitrogens with zero attached hydrogens (tertiary/aromatic N) is 2. The number of amides is 1. The lowest BCUT2D eigenvalue weighted by Crippen LogP contribution is -2.16. The van der Waals surface area contributed by atoms with Gasteiger partial charge in [-0.3, -0.25) is 14.3 Å². The van der Waals surface area contributed by atoms with Crippen molar-refractivity contribution in [3.63, 3.8) is 0 Å². The fraction of sp³-hybridized carbons (Fsp3) is 0.353. The Balaban J connectivity index is 1.38. The van der Waals surface area contributed by atoms with Gasteiger partial charge in [0.1, 0.15) is 19.8 Å². The number of aliphatic carboxylic acids is 1. The standard InChI is InChI=1S/C17H17N3O5/c21-16(22)9-20-4-3-15(19-20)18-17(23)12-8-11(12)10-1-2-13-14(7-10)25-6-5-24-13/h1-4,7,11-12H,5-6,8-9H2,(H,21,22)(H,18,19,23)/t11-,12+/m1/s1. The Hall–Kier alpha value is -3.03. The molecule has 1 aromatic heterocycles. The van der Waals surface area contributed by atoms with Crippen LogP contribution in [0.15, 0.2) is 30.5 Å². The van der Waals surface area contributed by atoms with E-state index in [0.29, 0.717) is 19.0 Å². The first-order valence-corrected chi connectivity index (χ1v) is 8.06. The number of benzene rings is 1. The summed E-state index contributed by atoms with van der Waals surface area (Å²) >= 11 is 0. The van der Waals surface area contributed by atoms with Crippen molar-refractivity contribution >= 4 is 17.7 Å². The van der Waals surface area contributed by atoms with E-state index in [4.69, 9.17) is 14.6 Å². The van der Waals surface area contributed by atoms with Gasteiger partial charge in [-0.25, -0.2) is 0 Å². The second-order valence-electron chi connectivity index (χ2n) is 6.13. The molecule has 0 unspecified atom stereocenters. The number of carboxylic acids is 1. The molecule has 25 heavy (non-hydrogen) atoms. The molecule has 8 nitrogen and oxygen atoms in total. The zero-order valence-electron chi connectivity index (χ0n) is 13.3. The third-order valence-electron chi connectivity index (χ3n) is 4.31. The molecule has 0 bridgehead atoms. The highest BCUT2D eigenvalue weighted by Crippen LogP contribution is 2.49. The lowest BCUT2D eigenvalue weighted by molar-refractivity contribution is -0.137. The van der Waals surface area contributed by atoms with Crippen molar-refractivity contribution in [2.75, 3.05) is 18.5 Å². The fourth-order valence-electron chi connectivity index (χ4n) is 3.02. The van der Waals surface area contributed by atoms with Crippen LogP contribution in [0.4, 0.5) is 5.82 Å². The van der Waals surface area contributed by atoms with Crippen molar-refractivity contribution in [3.05, 3.63) is 36.0 Å². The summed E-state index contributed by atoms with van der Waals surface area (Å²) in [5.74, 6) is 0.758. The van der Waals surface area contributed by atoms with Crippen LogP contribution in [-0.2, 0) is 16.1 Å². The quantitative estimate of drug-likeness (QED) is 0.852. The van der Waals surface area contributed by atoms with E-state index in [1.165, 1.54) is 10.9 Å². The molecule has 2 atom stereocenters. The fourth-order valence-corrected chi connectivity index (χ4v) is 3.02. The van der Waals surface area contributed by atoms with Gasteiger partial charge < -0.3 is 19.9 Å². The average Bonchev–Trinajstić information content (AvgIpc) is 3.29. The van der Waals surface area contributed by atoms with Crippen molar-refractivity contribution in [1.82, 2.24) is 9.78 Å². The first kappa shape index (κ1) is 15.5. The molecular formula is C17H17N3O5. The van der Waals surface area contributed by atoms with Crippen LogP contribution < -0.4 is 14.8 Å². The lowest BCUT2D eigenvalue weighted by Gasteiger charge is -2.18. The predicted molar refractivity (Wildman–Crippen MR) is 86.8 cm³/mol. The number of aromatic nitrogens is 2. The number of fused-ring (bicyclic) bond motifs is 1. The van der Waals surface area contributed by atoms with E-state index in [2.05, 4.69) is 10.4 Å². The van der Waals surface area contributed by atoms with Gasteiger partial charge in [-0.15, -0.1) is 0 Å². The molecule has 1 aromatic carbocycles. The third kappa shape index (κ3) is 3.28. The number of carbonyl (C=O) groups excluding carboxylic acids is 1. The molecular weight excluding hydrogens is 326 g/mol. The van der Waals surface area contributed by atoms with Crippen LogP contribution in [0.25, 0.3) is 0 Å². The number of carboxylic acid groups (broad SMARTS) is 1. The molecule has 1 aliphatic carbocycles. The number of rotatable bonds is 5. The zero-order valence-corrected chi connectivity index (χ0v) is 13.3. The summed E-state index contributed by atoms with van der Waals surface area (Å²) in [5, 5.41) is 15.5. The largest absolute Gasteiger partial charge is 0.486 e. The average molecular weight is 343 g/mol. The minimum atomic E-state index is -0.984. The van der Waals surface area contributed by atoms with Crippen LogP contribution in [0.3, 0.4) is 0 Å². The van der Waals surface area contributed by atoms with Gasteiger partial charge in [-0.1, -0.05) is 6.07 Å². The summed E-state index contributed by atoms with van der Waals surface area (Å²) in [4.78, 5) is 23.0. The highest BCUT2D eigenvalue weighted by atomic mass is 16.6. The van der Waals surface area contributed by atoms with Crippen LogP contribution in [-0.4, -0.2) is 40.0 Å². The molecule has 0 radical (unpaired) electrons. The number of carbonyl (C=O) groups is 2. The highest BCUT2D eigenvalue weighted by molar-refractivity contribution is 5.94. The van der Waals surface area contributed by atoms with E-state index < -0.39 is 5.97 Å². The maximum absolute atomic E-state index is 12.3. The minimum absolute atomic E-state index is 0.111. The van der Waals surface area contributed by atoms with Crippen LogP contribution >= 0.6 is 0 Å². The lowest BCUT2D eigenvalue weighted by atomic mass is 10.1. The number of hydrogen-bond acceptors (Lipinski definition) is 5. The smallest absolute Gasteiger partial charge is 0.325 e. The van der Waals surface area contributed by atoms with E-state index in [9.17, 15) is 9.59 Å². The Morgan fingerprint density at radius 1 is 1.24 bits per heavy atom. The summed E-state index contributed by atoms with van der Waals surface area (Å²) in [6, 6.07) is 7.37. The second kappa shape index (κ2) is 6.12. The van der Waals surface area contributed by atoms with Gasteiger partial charge in [-0.05, 0) is 30.0 Å². The molecule has 2 aromatic rings. The second-order valence-corrected chi connectivity index (χ2v) is 6.13. The summed E-state index contributed by atoms with van der Waals surface area (Å²) in [7, 11) is 0. The summed E-state index contributed by atoms with van der Waals surface area (Å²) in [5.41, 5.74) is 1.06. The Morgan fingerprint density at radius 3 is 2.84 bits per heavy atom. The van der Waals surface area contributed by atoms with Gasteiger partial charge in [0, 0.05) is 18.2 Å². The molecule has 1 amide bonds. The van der Waals surface area contributed by atoms with Gasteiger partial charge in [0.15, 0.2) is 17.3 Å². The number of hydrogen-bond donors (Lipinski definition) is 2. The van der Waals surface area contributed by atoms with Gasteiger partial charge in [0.2, 0.25) is 5.91 Å². The van der Waals surface area contributed by atoms with Crippen molar-refractivity contribution in [3.8, 4) is 11.5 Å². The normalized spacial score (nSPS) is 20.8. The van der Waals surface area contributed by atoms with E-state index in [1.54, 1.807) is 6.07 Å². The van der Waals surface area contributed by atoms with E-state index in [1.807, 2.05) is 18.2 Å². The van der Waals surface area contributed by atoms with Crippen molar-refractivity contribution in [2.24, 2.45) is 5.92 Å². The molecule has 2 aliphatic rings. The Labute approximate surface area is 143 Å². The maximum Gasteiger partial charge on any atom is 0.325 e. The molecule has 0 spiro atoms. The van der Waals surface area contributed by atoms with E-state index in [-0.39, 0.29) is 24.3 Å². The Morgan fingerprint density at radius 2 is 2.04 bits per heavy atom. The number of ether oxygens (including phenoxy) is 2. The molecule has 8 heteroatoms. The maximum atomic E-state index is 12.3. The zero-order chi connectivity index (χ0) is 17.4. The van der Waals surface area contributed by atoms with Gasteiger partial charge in [0.05, 0.1) is 0 Å². The third-order valence-corrected chi connectivity index (χ3v) is 4.31. The first-order valence-electron chi connectivity index (χ1n) is 8.06. The van der Waals surface area contributed by atoms with Crippen molar-refractivity contribution in [1.29, 1.82) is 0 Å². The molecule has 4 rings (SSSR count). The molecule has 0 saturated heterocycles. The van der Waals surface area contributed by atoms with Gasteiger partial charge in [-0.2, -0.15) is 5.10 Å². The summed E-state index contributed by atoms with van der Waals surface area (Å²) in [6.07, 6.45) is 2.29. The molecule has 1 fully saturated rings. The van der Waals surface area contributed by atoms with Crippen LogP contribution in [0, 0.1) is 5.92 Å². The molecule has 2 heterocycles. The molecule has 2 N–H and O–H groups in total. The van der Waals surface area contributed by atoms with Crippen molar-refractivity contribution < 1.29 is 24.2 Å². The first-order chi connectivity index (χ1) is 12.1. The van der Waals surface area contributed by atoms with E-state index in [0.717, 1.165) is 23.5 Å². The summed E-state index contributed by atoms with van der Waals surface area (Å²) in [6.45, 7) is 0.846. The molecule has 1 saturated carbocycles. The summed E-state index contributed by atoms with van der Waals surface area (Å²) < 4.78 is 12.4. The van der Waals surface area contributed by atoms with Crippen molar-refractivity contribution in [2.45, 2.75) is 18.9 Å². The van der Waals surface area contributed by atoms with Gasteiger partial charge in [0.25, 0.3) is 0 Å². The van der Waals surface area contributed by atoms with Crippen LogP contribution in [0.5, 0.6) is 11.5 Å². The molecule has 1 aliphatic heterocycles. The number of anilines is 1. The van der Waals surface area contributed by atoms with E-state index >= 15 is 0 Å². The predicted octanol–water partition coefficient (Wildman–Crippen LogP) is 1.48. The number of nitrogens with one attached hydrogen (secondary N) is 1. The Bertz CT molecular complexity index is 831. The highest BCUT2D eigenvalue weighted by Gasteiger charge is 2.44. The molecule has 130 valence electrons. The van der Waals surface area contributed by atoms with Crippen LogP contribution in [0.1, 0.15) is 17.9 Å². The Kier molecular flexibility index (Phi) is 3.79.